The Balaban J connectivity index is 1.86. The number of hydrogen-bond donors (Lipinski definition) is 1. The average molecular weight is 488 g/mol. The minimum Gasteiger partial charge on any atom is -0.360 e. The molecule has 0 aliphatic carbocycles. The minimum atomic E-state index is -4.10. The number of para-hydroxylation sites is 2. The molecular weight excluding hydrogens is 454 g/mol. The lowest BCUT2D eigenvalue weighted by molar-refractivity contribution is 0.0508. The summed E-state index contributed by atoms with van der Waals surface area (Å²) in [6, 6.07) is 16.5. The van der Waals surface area contributed by atoms with Crippen LogP contribution in [0.3, 0.4) is 0 Å². The van der Waals surface area contributed by atoms with Gasteiger partial charge in [-0.1, -0.05) is 56.0 Å². The van der Waals surface area contributed by atoms with Gasteiger partial charge in [0, 0.05) is 29.4 Å². The molecule has 2 unspecified atom stereocenters. The molecule has 8 heteroatoms. The maximum absolute atomic E-state index is 11.9. The fourth-order valence-electron chi connectivity index (χ4n) is 4.94. The zero-order chi connectivity index (χ0) is 23.4. The van der Waals surface area contributed by atoms with Gasteiger partial charge in [-0.05, 0) is 49.7 Å². The molecule has 2 heterocycles. The second-order valence-electron chi connectivity index (χ2n) is 8.58. The van der Waals surface area contributed by atoms with Gasteiger partial charge in [0.05, 0.1) is 23.2 Å². The first kappa shape index (κ1) is 24.1. The summed E-state index contributed by atoms with van der Waals surface area (Å²) in [6.45, 7) is 6.97. The van der Waals surface area contributed by atoms with E-state index in [-0.39, 0.29) is 18.0 Å². The molecule has 33 heavy (non-hydrogen) atoms. The topological polar surface area (TPSA) is 64.1 Å². The van der Waals surface area contributed by atoms with Gasteiger partial charge < -0.3 is 9.80 Å². The molecule has 0 spiro atoms. The van der Waals surface area contributed by atoms with E-state index in [0.717, 1.165) is 53.6 Å². The molecule has 6 nitrogen and oxygen atoms in total. The Labute approximate surface area is 202 Å². The molecule has 0 saturated heterocycles. The monoisotopic (exact) mass is 487 g/mol. The summed E-state index contributed by atoms with van der Waals surface area (Å²) < 4.78 is 33.5. The molecule has 1 N–H and O–H groups in total. The molecule has 0 radical (unpaired) electrons. The Kier molecular flexibility index (Phi) is 7.69. The zero-order valence-corrected chi connectivity index (χ0v) is 20.9. The van der Waals surface area contributed by atoms with Crippen LogP contribution in [0.5, 0.6) is 0 Å². The molecule has 2 aliphatic rings. The SMILES string of the molecule is CCCN1C=CCN(CCC)C1C(CCS(=O)(=O)O)N1c2ccccc2Sc2ccccc21. The lowest BCUT2D eigenvalue weighted by Gasteiger charge is -2.50. The Morgan fingerprint density at radius 3 is 2.18 bits per heavy atom. The molecule has 2 aromatic carbocycles. The standard InChI is InChI=1S/C25H33N3O3S2/c1-3-15-26-17-9-18-27(16-4-2)25(26)22(14-19-33(29,30)31)28-20-10-5-7-12-23(20)32-24-13-8-6-11-21(24)28/h5-13,17,22,25H,3-4,14-16,18-19H2,1-2H3,(H,29,30,31). The van der Waals surface area contributed by atoms with Gasteiger partial charge in [-0.25, -0.2) is 0 Å². The second kappa shape index (κ2) is 10.5. The van der Waals surface area contributed by atoms with Crippen LogP contribution < -0.4 is 4.90 Å². The van der Waals surface area contributed by atoms with Crippen molar-refractivity contribution in [1.82, 2.24) is 9.80 Å². The summed E-state index contributed by atoms with van der Waals surface area (Å²) in [5.41, 5.74) is 2.17. The maximum atomic E-state index is 11.9. The summed E-state index contributed by atoms with van der Waals surface area (Å²) in [5.74, 6) is -0.272. The second-order valence-corrected chi connectivity index (χ2v) is 11.2. The lowest BCUT2D eigenvalue weighted by atomic mass is 10.0. The van der Waals surface area contributed by atoms with Crippen molar-refractivity contribution in [2.75, 3.05) is 30.3 Å². The van der Waals surface area contributed by atoms with E-state index in [9.17, 15) is 13.0 Å². The van der Waals surface area contributed by atoms with Gasteiger partial charge in [0.2, 0.25) is 0 Å². The molecule has 2 aliphatic heterocycles. The van der Waals surface area contributed by atoms with Crippen LogP contribution in [0.2, 0.25) is 0 Å². The van der Waals surface area contributed by atoms with Gasteiger partial charge in [-0.3, -0.25) is 9.45 Å². The zero-order valence-electron chi connectivity index (χ0n) is 19.3. The molecule has 2 atom stereocenters. The van der Waals surface area contributed by atoms with Crippen molar-refractivity contribution < 1.29 is 13.0 Å². The van der Waals surface area contributed by atoms with Crippen molar-refractivity contribution in [1.29, 1.82) is 0 Å². The third-order valence-corrected chi connectivity index (χ3v) is 8.04. The first-order valence-electron chi connectivity index (χ1n) is 11.7. The van der Waals surface area contributed by atoms with Crippen LogP contribution in [-0.2, 0) is 10.1 Å². The van der Waals surface area contributed by atoms with Gasteiger partial charge in [0.15, 0.2) is 0 Å². The van der Waals surface area contributed by atoms with Crippen molar-refractivity contribution in [3.63, 3.8) is 0 Å². The van der Waals surface area contributed by atoms with Crippen molar-refractivity contribution >= 4 is 33.3 Å². The Morgan fingerprint density at radius 2 is 1.61 bits per heavy atom. The fraction of sp³-hybridized carbons (Fsp3) is 0.440. The quantitative estimate of drug-likeness (QED) is 0.487. The van der Waals surface area contributed by atoms with Crippen LogP contribution in [0, 0.1) is 0 Å². The van der Waals surface area contributed by atoms with Crippen LogP contribution in [-0.4, -0.2) is 60.4 Å². The van der Waals surface area contributed by atoms with Crippen LogP contribution in [0.1, 0.15) is 33.1 Å². The van der Waals surface area contributed by atoms with Crippen LogP contribution in [0.25, 0.3) is 0 Å². The van der Waals surface area contributed by atoms with E-state index in [2.05, 4.69) is 65.1 Å². The number of hydrogen-bond acceptors (Lipinski definition) is 6. The van der Waals surface area contributed by atoms with Crippen molar-refractivity contribution in [3.05, 3.63) is 60.8 Å². The summed E-state index contributed by atoms with van der Waals surface area (Å²) in [5, 5.41) is 0. The summed E-state index contributed by atoms with van der Waals surface area (Å²) >= 11 is 1.75. The third kappa shape index (κ3) is 5.40. The predicted octanol–water partition coefficient (Wildman–Crippen LogP) is 5.21. The summed E-state index contributed by atoms with van der Waals surface area (Å²) in [7, 11) is -4.10. The third-order valence-electron chi connectivity index (χ3n) is 6.16. The maximum Gasteiger partial charge on any atom is 0.264 e. The van der Waals surface area contributed by atoms with E-state index < -0.39 is 10.1 Å². The van der Waals surface area contributed by atoms with Gasteiger partial charge in [-0.15, -0.1) is 0 Å². The Morgan fingerprint density at radius 1 is 1.00 bits per heavy atom. The van der Waals surface area contributed by atoms with Crippen molar-refractivity contribution in [2.45, 2.75) is 55.1 Å². The van der Waals surface area contributed by atoms with Crippen LogP contribution in [0.15, 0.2) is 70.6 Å². The largest absolute Gasteiger partial charge is 0.360 e. The van der Waals surface area contributed by atoms with E-state index in [1.54, 1.807) is 11.8 Å². The number of rotatable bonds is 9. The first-order valence-corrected chi connectivity index (χ1v) is 14.1. The van der Waals surface area contributed by atoms with Crippen LogP contribution >= 0.6 is 11.8 Å². The minimum absolute atomic E-state index is 0.0131. The fourth-order valence-corrected chi connectivity index (χ4v) is 6.55. The molecule has 0 saturated carbocycles. The molecule has 0 bridgehead atoms. The molecule has 4 rings (SSSR count). The summed E-state index contributed by atoms with van der Waals surface area (Å²) in [4.78, 5) is 9.42. The van der Waals surface area contributed by atoms with E-state index in [1.807, 2.05) is 24.3 Å². The van der Waals surface area contributed by atoms with Crippen LogP contribution in [0.4, 0.5) is 11.4 Å². The summed E-state index contributed by atoms with van der Waals surface area (Å²) in [6.07, 6.45) is 6.67. The van der Waals surface area contributed by atoms with Gasteiger partial charge in [-0.2, -0.15) is 8.42 Å². The smallest absolute Gasteiger partial charge is 0.264 e. The number of anilines is 2. The van der Waals surface area contributed by atoms with Gasteiger partial charge in [0.1, 0.15) is 6.17 Å². The van der Waals surface area contributed by atoms with Crippen molar-refractivity contribution in [2.24, 2.45) is 0 Å². The molecule has 0 fully saturated rings. The van der Waals surface area contributed by atoms with E-state index in [0.29, 0.717) is 6.42 Å². The molecule has 178 valence electrons. The first-order chi connectivity index (χ1) is 15.9. The molecular formula is C25H33N3O3S2. The normalized spacial score (nSPS) is 19.3. The number of benzene rings is 2. The van der Waals surface area contributed by atoms with Gasteiger partial charge >= 0.3 is 0 Å². The Bertz CT molecular complexity index is 1040. The molecule has 2 aromatic rings. The van der Waals surface area contributed by atoms with Crippen molar-refractivity contribution in [3.8, 4) is 0 Å². The highest BCUT2D eigenvalue weighted by Gasteiger charge is 2.40. The predicted molar refractivity (Wildman–Crippen MR) is 136 cm³/mol. The molecule has 0 amide bonds. The van der Waals surface area contributed by atoms with Gasteiger partial charge in [0.25, 0.3) is 10.1 Å². The number of nitrogens with zero attached hydrogens (tertiary/aromatic N) is 3. The Hall–Kier alpha value is -2.00. The highest BCUT2D eigenvalue weighted by molar-refractivity contribution is 7.99. The highest BCUT2D eigenvalue weighted by Crippen LogP contribution is 2.50. The highest BCUT2D eigenvalue weighted by atomic mass is 32.2. The lowest BCUT2D eigenvalue weighted by Crippen LogP contribution is -2.60. The average Bonchev–Trinajstić information content (AvgIpc) is 2.79. The van der Waals surface area contributed by atoms with E-state index >= 15 is 0 Å². The van der Waals surface area contributed by atoms with E-state index in [1.165, 1.54) is 0 Å². The molecule has 0 aromatic heterocycles. The number of fused-ring (bicyclic) bond motifs is 2. The van der Waals surface area contributed by atoms with E-state index in [4.69, 9.17) is 0 Å².